The van der Waals surface area contributed by atoms with Crippen LogP contribution in [0.5, 0.6) is 11.5 Å². The number of methoxy groups -OCH3 is 1. The van der Waals surface area contributed by atoms with Crippen molar-refractivity contribution < 1.29 is 14.8 Å². The summed E-state index contributed by atoms with van der Waals surface area (Å²) in [6, 6.07) is 30.6. The SMILES string of the molecule is COc1ccc(Nc2nc(NN=Cc3cccc([N+](=O)[O-])c3O)nc(N(c3ccccc3)c3ccccc3)n2)cc1. The van der Waals surface area contributed by atoms with Gasteiger partial charge in [-0.1, -0.05) is 42.5 Å². The van der Waals surface area contributed by atoms with Crippen molar-refractivity contribution in [1.29, 1.82) is 0 Å². The molecule has 204 valence electrons. The molecule has 0 fully saturated rings. The zero-order valence-corrected chi connectivity index (χ0v) is 21.7. The number of benzene rings is 4. The highest BCUT2D eigenvalue weighted by atomic mass is 16.6. The maximum Gasteiger partial charge on any atom is 0.311 e. The summed E-state index contributed by atoms with van der Waals surface area (Å²) < 4.78 is 5.24. The largest absolute Gasteiger partial charge is 0.502 e. The Morgan fingerprint density at radius 2 is 1.49 bits per heavy atom. The van der Waals surface area contributed by atoms with Gasteiger partial charge in [0.15, 0.2) is 0 Å². The number of aromatic nitrogens is 3. The number of hydrazone groups is 1. The molecule has 3 N–H and O–H groups in total. The maximum atomic E-state index is 11.2. The van der Waals surface area contributed by atoms with Crippen LogP contribution in [0, 0.1) is 10.1 Å². The molecule has 0 spiro atoms. The molecule has 12 heteroatoms. The molecule has 0 atom stereocenters. The first-order chi connectivity index (χ1) is 20.0. The van der Waals surface area contributed by atoms with Crippen LogP contribution in [0.15, 0.2) is 108 Å². The van der Waals surface area contributed by atoms with E-state index in [-0.39, 0.29) is 17.5 Å². The van der Waals surface area contributed by atoms with Crippen LogP contribution < -0.4 is 20.4 Å². The first kappa shape index (κ1) is 26.6. The molecule has 0 saturated heterocycles. The molecule has 1 aromatic heterocycles. The number of nitrogens with zero attached hydrogens (tertiary/aromatic N) is 6. The van der Waals surface area contributed by atoms with E-state index in [1.807, 2.05) is 77.7 Å². The first-order valence-electron chi connectivity index (χ1n) is 12.3. The fraction of sp³-hybridized carbons (Fsp3) is 0.0345. The molecule has 1 heterocycles. The fourth-order valence-electron chi connectivity index (χ4n) is 3.87. The van der Waals surface area contributed by atoms with Crippen molar-refractivity contribution in [2.45, 2.75) is 0 Å². The van der Waals surface area contributed by atoms with Crippen molar-refractivity contribution >= 4 is 46.8 Å². The Hall–Kier alpha value is -6.04. The second kappa shape index (κ2) is 12.2. The molecule has 5 rings (SSSR count). The number of phenols is 1. The second-order valence-corrected chi connectivity index (χ2v) is 8.48. The van der Waals surface area contributed by atoms with E-state index >= 15 is 0 Å². The topological polar surface area (TPSA) is 151 Å². The Morgan fingerprint density at radius 1 is 0.854 bits per heavy atom. The Labute approximate surface area is 234 Å². The third-order valence-electron chi connectivity index (χ3n) is 5.81. The third kappa shape index (κ3) is 6.34. The van der Waals surface area contributed by atoms with Crippen LogP contribution in [-0.4, -0.2) is 38.3 Å². The molecule has 0 aliphatic carbocycles. The van der Waals surface area contributed by atoms with Gasteiger partial charge in [0.2, 0.25) is 23.6 Å². The van der Waals surface area contributed by atoms with Gasteiger partial charge in [-0.3, -0.25) is 15.0 Å². The number of aromatic hydroxyl groups is 1. The highest BCUT2D eigenvalue weighted by Gasteiger charge is 2.18. The molecule has 41 heavy (non-hydrogen) atoms. The van der Waals surface area contributed by atoms with E-state index in [0.29, 0.717) is 17.4 Å². The summed E-state index contributed by atoms with van der Waals surface area (Å²) in [5.41, 5.74) is 4.82. The number of nitro groups is 1. The molecule has 0 aliphatic heterocycles. The number of hydrogen-bond donors (Lipinski definition) is 3. The van der Waals surface area contributed by atoms with Gasteiger partial charge >= 0.3 is 5.69 Å². The second-order valence-electron chi connectivity index (χ2n) is 8.48. The molecule has 0 radical (unpaired) electrons. The molecule has 0 aliphatic rings. The van der Waals surface area contributed by atoms with E-state index in [1.54, 1.807) is 19.2 Å². The zero-order valence-electron chi connectivity index (χ0n) is 21.7. The Bertz CT molecular complexity index is 1630. The smallest absolute Gasteiger partial charge is 0.311 e. The van der Waals surface area contributed by atoms with Crippen LogP contribution in [0.2, 0.25) is 0 Å². The summed E-state index contributed by atoms with van der Waals surface area (Å²) in [7, 11) is 1.59. The quantitative estimate of drug-likeness (QED) is 0.105. The number of nitrogens with one attached hydrogen (secondary N) is 2. The Kier molecular flexibility index (Phi) is 7.91. The van der Waals surface area contributed by atoms with Crippen molar-refractivity contribution in [2.24, 2.45) is 5.10 Å². The van der Waals surface area contributed by atoms with Gasteiger partial charge < -0.3 is 15.2 Å². The van der Waals surface area contributed by atoms with E-state index < -0.39 is 16.4 Å². The van der Waals surface area contributed by atoms with Crippen molar-refractivity contribution in [3.8, 4) is 11.5 Å². The van der Waals surface area contributed by atoms with Gasteiger partial charge in [-0.2, -0.15) is 20.1 Å². The van der Waals surface area contributed by atoms with E-state index in [1.165, 1.54) is 24.4 Å². The summed E-state index contributed by atoms with van der Waals surface area (Å²) in [4.78, 5) is 26.1. The highest BCUT2D eigenvalue weighted by Crippen LogP contribution is 2.33. The predicted molar refractivity (Wildman–Crippen MR) is 157 cm³/mol. The van der Waals surface area contributed by atoms with Crippen LogP contribution in [-0.2, 0) is 0 Å². The summed E-state index contributed by atoms with van der Waals surface area (Å²) in [6.07, 6.45) is 1.24. The summed E-state index contributed by atoms with van der Waals surface area (Å²) in [5, 5.41) is 28.7. The third-order valence-corrected chi connectivity index (χ3v) is 5.81. The van der Waals surface area contributed by atoms with Crippen molar-refractivity contribution in [3.05, 3.63) is 119 Å². The average molecular weight is 549 g/mol. The number of ether oxygens (including phenoxy) is 1. The highest BCUT2D eigenvalue weighted by molar-refractivity contribution is 5.86. The maximum absolute atomic E-state index is 11.2. The van der Waals surface area contributed by atoms with Gasteiger partial charge in [0, 0.05) is 28.7 Å². The minimum Gasteiger partial charge on any atom is -0.502 e. The van der Waals surface area contributed by atoms with Crippen molar-refractivity contribution in [2.75, 3.05) is 22.8 Å². The van der Waals surface area contributed by atoms with Gasteiger partial charge in [0.25, 0.3) is 0 Å². The normalized spacial score (nSPS) is 10.8. The van der Waals surface area contributed by atoms with Gasteiger partial charge in [-0.25, -0.2) is 5.43 Å². The summed E-state index contributed by atoms with van der Waals surface area (Å²) >= 11 is 0. The van der Waals surface area contributed by atoms with E-state index in [2.05, 4.69) is 25.8 Å². The first-order valence-corrected chi connectivity index (χ1v) is 12.3. The van der Waals surface area contributed by atoms with Gasteiger partial charge in [0.05, 0.1) is 18.2 Å². The number of nitro benzene ring substituents is 1. The fourth-order valence-corrected chi connectivity index (χ4v) is 3.87. The standard InChI is InChI=1S/C29H24N8O4/c1-41-24-17-15-21(16-18-24)31-27-32-28(35-30-19-20-9-8-14-25(26(20)38)37(39)40)34-29(33-27)36(22-10-4-2-5-11-22)23-12-6-3-7-13-23/h2-19,38H,1H3,(H2,31,32,33,34,35). The van der Waals surface area contributed by atoms with Crippen LogP contribution in [0.4, 0.5) is 40.6 Å². The Balaban J connectivity index is 1.54. The molecular weight excluding hydrogens is 524 g/mol. The van der Waals surface area contributed by atoms with Crippen molar-refractivity contribution in [1.82, 2.24) is 15.0 Å². The molecule has 4 aromatic carbocycles. The zero-order chi connectivity index (χ0) is 28.6. The van der Waals surface area contributed by atoms with Crippen molar-refractivity contribution in [3.63, 3.8) is 0 Å². The number of phenolic OH excluding ortho intramolecular Hbond substituents is 1. The summed E-state index contributed by atoms with van der Waals surface area (Å²) in [6.45, 7) is 0. The van der Waals surface area contributed by atoms with E-state index in [9.17, 15) is 15.2 Å². The lowest BCUT2D eigenvalue weighted by Gasteiger charge is -2.23. The van der Waals surface area contributed by atoms with E-state index in [0.717, 1.165) is 11.4 Å². The number of anilines is 6. The molecular formula is C29H24N8O4. The number of hydrogen-bond acceptors (Lipinski definition) is 11. The van der Waals surface area contributed by atoms with Crippen LogP contribution in [0.3, 0.4) is 0 Å². The molecule has 12 nitrogen and oxygen atoms in total. The minimum atomic E-state index is -0.669. The molecule has 0 bridgehead atoms. The molecule has 0 unspecified atom stereocenters. The van der Waals surface area contributed by atoms with Crippen LogP contribution >= 0.6 is 0 Å². The minimum absolute atomic E-state index is 0.0871. The predicted octanol–water partition coefficient (Wildman–Crippen LogP) is 6.15. The lowest BCUT2D eigenvalue weighted by Crippen LogP contribution is -2.16. The van der Waals surface area contributed by atoms with Gasteiger partial charge in [0.1, 0.15) is 5.75 Å². The van der Waals surface area contributed by atoms with Crippen LogP contribution in [0.25, 0.3) is 0 Å². The summed E-state index contributed by atoms with van der Waals surface area (Å²) in [5.74, 6) is 0.814. The monoisotopic (exact) mass is 548 g/mol. The van der Waals surface area contributed by atoms with Gasteiger partial charge in [-0.05, 0) is 54.6 Å². The van der Waals surface area contributed by atoms with Crippen LogP contribution in [0.1, 0.15) is 5.56 Å². The lowest BCUT2D eigenvalue weighted by atomic mass is 10.2. The number of rotatable bonds is 10. The van der Waals surface area contributed by atoms with E-state index in [4.69, 9.17) is 9.72 Å². The molecule has 0 amide bonds. The average Bonchev–Trinajstić information content (AvgIpc) is 2.99. The lowest BCUT2D eigenvalue weighted by molar-refractivity contribution is -0.385. The Morgan fingerprint density at radius 3 is 2.10 bits per heavy atom. The van der Waals surface area contributed by atoms with Gasteiger partial charge in [-0.15, -0.1) is 0 Å². The molecule has 0 saturated carbocycles. The number of para-hydroxylation sites is 3. The molecule has 5 aromatic rings.